The number of halogens is 1. The van der Waals surface area contributed by atoms with E-state index in [-0.39, 0.29) is 0 Å². The second-order valence-corrected chi connectivity index (χ2v) is 7.81. The number of hydrogen-bond donors (Lipinski definition) is 0. The van der Waals surface area contributed by atoms with Gasteiger partial charge in [-0.15, -0.1) is 0 Å². The van der Waals surface area contributed by atoms with Gasteiger partial charge in [0.2, 0.25) is 0 Å². The third kappa shape index (κ3) is 4.66. The molecule has 1 heteroatoms. The van der Waals surface area contributed by atoms with Crippen LogP contribution in [0.2, 0.25) is 0 Å². The monoisotopic (exact) mass is 297 g/mol. The Kier molecular flexibility index (Phi) is 8.53. The zero-order valence-corrected chi connectivity index (χ0v) is 12.1. The summed E-state index contributed by atoms with van der Waals surface area (Å²) in [6.07, 6.45) is 4.18. The van der Waals surface area contributed by atoms with Crippen LogP contribution in [0.3, 0.4) is 0 Å². The summed E-state index contributed by atoms with van der Waals surface area (Å²) in [5, 5.41) is 0. The normalized spacial score (nSPS) is 18.5. The third-order valence-electron chi connectivity index (χ3n) is 3.05. The van der Waals surface area contributed by atoms with Gasteiger partial charge in [0.1, 0.15) is 0 Å². The van der Waals surface area contributed by atoms with Crippen molar-refractivity contribution in [2.75, 3.05) is 4.43 Å². The molecule has 13 heavy (non-hydrogen) atoms. The van der Waals surface area contributed by atoms with Crippen molar-refractivity contribution in [2.45, 2.75) is 57.8 Å². The van der Waals surface area contributed by atoms with Gasteiger partial charge < -0.3 is 0 Å². The van der Waals surface area contributed by atoms with Gasteiger partial charge in [0.05, 0.1) is 0 Å². The summed E-state index contributed by atoms with van der Waals surface area (Å²) < 4.78 is 2.55. The van der Waals surface area contributed by atoms with Crippen molar-refractivity contribution >= 4 is 0 Å². The molecule has 82 valence electrons. The Balaban J connectivity index is 4.15. The first kappa shape index (κ1) is 13.7. The van der Waals surface area contributed by atoms with Crippen LogP contribution >= 0.6 is 0 Å². The maximum absolute atomic E-state index is 2.44. The van der Waals surface area contributed by atoms with E-state index in [0.29, 0.717) is 21.2 Å². The first-order chi connectivity index (χ1) is 6.21. The van der Waals surface area contributed by atoms with E-state index in [2.05, 4.69) is 34.6 Å². The fourth-order valence-electron chi connectivity index (χ4n) is 2.04. The van der Waals surface area contributed by atoms with Crippen molar-refractivity contribution in [1.29, 1.82) is 0 Å². The van der Waals surface area contributed by atoms with Crippen molar-refractivity contribution in [3.8, 4) is 0 Å². The minimum absolute atomic E-state index is 0.476. The Morgan fingerprint density at radius 3 is 1.85 bits per heavy atom. The molecule has 0 bridgehead atoms. The van der Waals surface area contributed by atoms with Crippen LogP contribution in [-0.2, 0) is 0 Å². The molecule has 0 saturated heterocycles. The summed E-state index contributed by atoms with van der Waals surface area (Å²) in [4.78, 5) is 0. The summed E-state index contributed by atoms with van der Waals surface area (Å²) in [6, 6.07) is 0. The predicted octanol–water partition coefficient (Wildman–Crippen LogP) is 0.946. The van der Waals surface area contributed by atoms with E-state index < -0.39 is 0 Å². The van der Waals surface area contributed by atoms with Gasteiger partial charge in [-0.3, -0.25) is 0 Å². The van der Waals surface area contributed by atoms with E-state index in [1.165, 1.54) is 23.7 Å². The molecule has 0 aromatic rings. The van der Waals surface area contributed by atoms with E-state index >= 15 is 0 Å². The van der Waals surface area contributed by atoms with Crippen LogP contribution in [0.1, 0.15) is 53.9 Å². The van der Waals surface area contributed by atoms with Gasteiger partial charge in [0.15, 0.2) is 0 Å². The van der Waals surface area contributed by atoms with E-state index in [9.17, 15) is 0 Å². The molecule has 0 heterocycles. The van der Waals surface area contributed by atoms with E-state index in [4.69, 9.17) is 0 Å². The van der Waals surface area contributed by atoms with Gasteiger partial charge in [0, 0.05) is 0 Å². The number of rotatable bonds is 7. The standard InChI is InChI=1S/C12H26I/c1-6-10(5)11(7-2)12(8-3)13-9-4/h10-12H,6-9H2,1-5H3/q-1. The molecule has 0 nitrogen and oxygen atoms in total. The van der Waals surface area contributed by atoms with Crippen LogP contribution in [0, 0.1) is 11.8 Å². The average molecular weight is 297 g/mol. The Labute approximate surface area is 95.1 Å². The van der Waals surface area contributed by atoms with Crippen LogP contribution < -0.4 is 21.2 Å². The zero-order valence-electron chi connectivity index (χ0n) is 9.94. The van der Waals surface area contributed by atoms with Crippen molar-refractivity contribution in [1.82, 2.24) is 0 Å². The average Bonchev–Trinajstić information content (AvgIpc) is 2.17. The SMILES string of the molecule is CC[I-]C(CC)C(CC)C(C)CC. The molecular weight excluding hydrogens is 271 g/mol. The molecule has 0 amide bonds. The Morgan fingerprint density at radius 1 is 0.923 bits per heavy atom. The molecule has 0 spiro atoms. The summed E-state index contributed by atoms with van der Waals surface area (Å²) >= 11 is 0.476. The fraction of sp³-hybridized carbons (Fsp3) is 1.00. The van der Waals surface area contributed by atoms with Crippen LogP contribution in [-0.4, -0.2) is 8.35 Å². The van der Waals surface area contributed by atoms with Gasteiger partial charge >= 0.3 is 95.3 Å². The zero-order chi connectivity index (χ0) is 10.3. The van der Waals surface area contributed by atoms with Gasteiger partial charge in [-0.1, -0.05) is 0 Å². The van der Waals surface area contributed by atoms with Crippen molar-refractivity contribution in [3.05, 3.63) is 0 Å². The summed E-state index contributed by atoms with van der Waals surface area (Å²) in [7, 11) is 0. The summed E-state index contributed by atoms with van der Waals surface area (Å²) in [6.45, 7) is 11.9. The molecule has 0 aliphatic rings. The second-order valence-electron chi connectivity index (χ2n) is 3.80. The molecule has 3 atom stereocenters. The first-order valence-corrected chi connectivity index (χ1v) is 8.55. The summed E-state index contributed by atoms with van der Waals surface area (Å²) in [5.74, 6) is 1.96. The second kappa shape index (κ2) is 8.07. The molecule has 0 fully saturated rings. The molecule has 0 aromatic heterocycles. The van der Waals surface area contributed by atoms with Crippen molar-refractivity contribution in [2.24, 2.45) is 11.8 Å². The first-order valence-electron chi connectivity index (χ1n) is 5.78. The molecule has 3 unspecified atom stereocenters. The van der Waals surface area contributed by atoms with E-state index in [1.807, 2.05) is 0 Å². The molecule has 0 rings (SSSR count). The molecule has 0 aliphatic carbocycles. The quantitative estimate of drug-likeness (QED) is 0.485. The molecule has 0 saturated carbocycles. The van der Waals surface area contributed by atoms with E-state index in [0.717, 1.165) is 15.8 Å². The number of alkyl halides is 2. The van der Waals surface area contributed by atoms with Gasteiger partial charge in [-0.2, -0.15) is 0 Å². The fourth-order valence-corrected chi connectivity index (χ4v) is 5.67. The molecular formula is C12H26I-. The van der Waals surface area contributed by atoms with Crippen LogP contribution in [0.5, 0.6) is 0 Å². The Morgan fingerprint density at radius 2 is 1.54 bits per heavy atom. The summed E-state index contributed by atoms with van der Waals surface area (Å²) in [5.41, 5.74) is 0. The topological polar surface area (TPSA) is 0 Å². The minimum atomic E-state index is 0.476. The van der Waals surface area contributed by atoms with Crippen molar-refractivity contribution < 1.29 is 21.2 Å². The van der Waals surface area contributed by atoms with Gasteiger partial charge in [-0.25, -0.2) is 0 Å². The van der Waals surface area contributed by atoms with Crippen LogP contribution in [0.15, 0.2) is 0 Å². The van der Waals surface area contributed by atoms with Crippen molar-refractivity contribution in [3.63, 3.8) is 0 Å². The molecule has 0 N–H and O–H groups in total. The predicted molar refractivity (Wildman–Crippen MR) is 57.9 cm³/mol. The van der Waals surface area contributed by atoms with Gasteiger partial charge in [-0.05, 0) is 0 Å². The van der Waals surface area contributed by atoms with Crippen LogP contribution in [0.4, 0.5) is 0 Å². The molecule has 0 aromatic carbocycles. The Bertz CT molecular complexity index is 112. The molecule has 0 aliphatic heterocycles. The third-order valence-corrected chi connectivity index (χ3v) is 6.87. The van der Waals surface area contributed by atoms with Crippen LogP contribution in [0.25, 0.3) is 0 Å². The van der Waals surface area contributed by atoms with Gasteiger partial charge in [0.25, 0.3) is 0 Å². The maximum atomic E-state index is 2.44. The van der Waals surface area contributed by atoms with E-state index in [1.54, 1.807) is 0 Å². The Hall–Kier alpha value is 0.730. The number of hydrogen-bond acceptors (Lipinski definition) is 0. The molecule has 0 radical (unpaired) electrons.